The Morgan fingerprint density at radius 1 is 1.33 bits per heavy atom. The van der Waals surface area contributed by atoms with Gasteiger partial charge in [-0.3, -0.25) is 4.90 Å². The summed E-state index contributed by atoms with van der Waals surface area (Å²) in [5, 5.41) is 4.24. The first kappa shape index (κ1) is 8.05. The summed E-state index contributed by atoms with van der Waals surface area (Å²) in [6, 6.07) is 0.932. The fourth-order valence-electron chi connectivity index (χ4n) is 1.86. The van der Waals surface area contributed by atoms with Crippen LogP contribution in [-0.4, -0.2) is 36.8 Å². The number of nitrogens with one attached hydrogen (secondary N) is 1. The van der Waals surface area contributed by atoms with Crippen molar-refractivity contribution in [2.24, 2.45) is 5.10 Å². The molecule has 2 aliphatic rings. The summed E-state index contributed by atoms with van der Waals surface area (Å²) in [5.74, 6) is 0. The Hall–Kier alpha value is -0.570. The Bertz CT molecular complexity index is 174. The monoisotopic (exact) mass is 167 g/mol. The fraction of sp³-hybridized carbons (Fsp3) is 0.889. The first-order valence-corrected chi connectivity index (χ1v) is 4.86. The van der Waals surface area contributed by atoms with Crippen LogP contribution in [0.3, 0.4) is 0 Å². The molecule has 1 heterocycles. The number of hydrogen-bond acceptors (Lipinski definition) is 3. The van der Waals surface area contributed by atoms with Crippen LogP contribution in [0.1, 0.15) is 25.7 Å². The van der Waals surface area contributed by atoms with E-state index >= 15 is 0 Å². The minimum absolute atomic E-state index is 0.932. The molecule has 0 aromatic heterocycles. The molecule has 1 N–H and O–H groups in total. The summed E-state index contributed by atoms with van der Waals surface area (Å²) >= 11 is 0. The second-order valence-corrected chi connectivity index (χ2v) is 3.67. The first-order chi connectivity index (χ1) is 5.90. The number of piperidine rings is 1. The summed E-state index contributed by atoms with van der Waals surface area (Å²) in [6.45, 7) is 2.45. The lowest BCUT2D eigenvalue weighted by Gasteiger charge is -2.27. The van der Waals surface area contributed by atoms with E-state index in [1.165, 1.54) is 31.6 Å². The van der Waals surface area contributed by atoms with Crippen LogP contribution in [0.15, 0.2) is 5.10 Å². The van der Waals surface area contributed by atoms with E-state index in [0.717, 1.165) is 18.9 Å². The molecule has 12 heavy (non-hydrogen) atoms. The number of nitrogens with zero attached hydrogens (tertiary/aromatic N) is 2. The third-order valence-corrected chi connectivity index (χ3v) is 2.71. The highest BCUT2D eigenvalue weighted by Crippen LogP contribution is 2.28. The lowest BCUT2D eigenvalue weighted by Crippen LogP contribution is -2.35. The third kappa shape index (κ3) is 1.78. The standard InChI is InChI=1S/C9H17N3/c1-10-11-8-4-6-12(7-5-8)9-2-3-9/h9-10H,2-7H2,1H3. The van der Waals surface area contributed by atoms with Crippen LogP contribution in [0, 0.1) is 0 Å². The van der Waals surface area contributed by atoms with Crippen molar-refractivity contribution in [3.63, 3.8) is 0 Å². The van der Waals surface area contributed by atoms with Gasteiger partial charge in [-0.1, -0.05) is 0 Å². The Balaban J connectivity index is 1.80. The average molecular weight is 167 g/mol. The van der Waals surface area contributed by atoms with Gasteiger partial charge in [0, 0.05) is 44.7 Å². The summed E-state index contributed by atoms with van der Waals surface area (Å²) in [7, 11) is 1.88. The van der Waals surface area contributed by atoms with E-state index in [2.05, 4.69) is 15.4 Å². The number of hydrazone groups is 1. The van der Waals surface area contributed by atoms with E-state index in [1.807, 2.05) is 7.05 Å². The van der Waals surface area contributed by atoms with Crippen LogP contribution in [0.4, 0.5) is 0 Å². The summed E-state index contributed by atoms with van der Waals surface area (Å²) in [4.78, 5) is 2.61. The maximum Gasteiger partial charge on any atom is 0.0403 e. The molecule has 3 nitrogen and oxygen atoms in total. The minimum atomic E-state index is 0.932. The van der Waals surface area contributed by atoms with Crippen molar-refractivity contribution in [2.75, 3.05) is 20.1 Å². The highest BCUT2D eigenvalue weighted by Gasteiger charge is 2.30. The van der Waals surface area contributed by atoms with Crippen LogP contribution in [0.5, 0.6) is 0 Å². The smallest absolute Gasteiger partial charge is 0.0403 e. The van der Waals surface area contributed by atoms with E-state index < -0.39 is 0 Å². The molecule has 0 radical (unpaired) electrons. The predicted octanol–water partition coefficient (Wildman–Crippen LogP) is 0.820. The van der Waals surface area contributed by atoms with Crippen molar-refractivity contribution >= 4 is 5.71 Å². The molecular weight excluding hydrogens is 150 g/mol. The normalized spacial score (nSPS) is 25.6. The molecule has 1 aliphatic heterocycles. The van der Waals surface area contributed by atoms with Crippen LogP contribution in [0.2, 0.25) is 0 Å². The largest absolute Gasteiger partial charge is 0.313 e. The van der Waals surface area contributed by atoms with Crippen molar-refractivity contribution in [3.8, 4) is 0 Å². The maximum atomic E-state index is 4.24. The van der Waals surface area contributed by atoms with E-state index in [1.54, 1.807) is 0 Å². The molecule has 0 spiro atoms. The van der Waals surface area contributed by atoms with Gasteiger partial charge in [0.05, 0.1) is 0 Å². The molecule has 0 amide bonds. The topological polar surface area (TPSA) is 27.6 Å². The van der Waals surface area contributed by atoms with Gasteiger partial charge in [0.25, 0.3) is 0 Å². The third-order valence-electron chi connectivity index (χ3n) is 2.71. The molecule has 0 unspecified atom stereocenters. The minimum Gasteiger partial charge on any atom is -0.313 e. The molecule has 0 atom stereocenters. The van der Waals surface area contributed by atoms with E-state index in [-0.39, 0.29) is 0 Å². The van der Waals surface area contributed by atoms with E-state index in [9.17, 15) is 0 Å². The van der Waals surface area contributed by atoms with Gasteiger partial charge in [0.2, 0.25) is 0 Å². The molecule has 0 aromatic rings. The molecular formula is C9H17N3. The number of rotatable bonds is 2. The quantitative estimate of drug-likeness (QED) is 0.617. The number of likely N-dealkylation sites (tertiary alicyclic amines) is 1. The molecule has 2 fully saturated rings. The van der Waals surface area contributed by atoms with Crippen molar-refractivity contribution in [1.82, 2.24) is 10.3 Å². The molecule has 1 saturated carbocycles. The zero-order valence-electron chi connectivity index (χ0n) is 7.71. The second kappa shape index (κ2) is 3.44. The Morgan fingerprint density at radius 2 is 2.00 bits per heavy atom. The summed E-state index contributed by atoms with van der Waals surface area (Å²) in [5.41, 5.74) is 4.21. The molecule has 68 valence electrons. The molecule has 0 aromatic carbocycles. The second-order valence-electron chi connectivity index (χ2n) is 3.67. The summed E-state index contributed by atoms with van der Waals surface area (Å²) in [6.07, 6.45) is 5.19. The Kier molecular flexibility index (Phi) is 2.30. The number of hydrogen-bond donors (Lipinski definition) is 1. The van der Waals surface area contributed by atoms with Crippen molar-refractivity contribution in [1.29, 1.82) is 0 Å². The van der Waals surface area contributed by atoms with Gasteiger partial charge in [-0.15, -0.1) is 0 Å². The van der Waals surface area contributed by atoms with Crippen LogP contribution < -0.4 is 5.43 Å². The average Bonchev–Trinajstić information content (AvgIpc) is 2.89. The lowest BCUT2D eigenvalue weighted by atomic mass is 10.1. The first-order valence-electron chi connectivity index (χ1n) is 4.86. The highest BCUT2D eigenvalue weighted by molar-refractivity contribution is 5.85. The van der Waals surface area contributed by atoms with Gasteiger partial charge in [-0.05, 0) is 12.8 Å². The summed E-state index contributed by atoms with van der Waals surface area (Å²) < 4.78 is 0. The zero-order chi connectivity index (χ0) is 8.39. The van der Waals surface area contributed by atoms with Crippen LogP contribution in [-0.2, 0) is 0 Å². The van der Waals surface area contributed by atoms with Gasteiger partial charge in [0.1, 0.15) is 0 Å². The van der Waals surface area contributed by atoms with Crippen LogP contribution >= 0.6 is 0 Å². The SMILES string of the molecule is CNN=C1CCN(C2CC2)CC1. The highest BCUT2D eigenvalue weighted by atomic mass is 15.3. The van der Waals surface area contributed by atoms with Gasteiger partial charge in [-0.25, -0.2) is 0 Å². The Morgan fingerprint density at radius 3 is 2.50 bits per heavy atom. The van der Waals surface area contributed by atoms with Gasteiger partial charge in [-0.2, -0.15) is 5.10 Å². The fourth-order valence-corrected chi connectivity index (χ4v) is 1.86. The predicted molar refractivity (Wildman–Crippen MR) is 50.3 cm³/mol. The van der Waals surface area contributed by atoms with Gasteiger partial charge in [0.15, 0.2) is 0 Å². The van der Waals surface area contributed by atoms with Gasteiger partial charge >= 0.3 is 0 Å². The molecule has 3 heteroatoms. The van der Waals surface area contributed by atoms with Crippen LogP contribution in [0.25, 0.3) is 0 Å². The van der Waals surface area contributed by atoms with Crippen molar-refractivity contribution in [2.45, 2.75) is 31.7 Å². The van der Waals surface area contributed by atoms with E-state index in [0.29, 0.717) is 0 Å². The maximum absolute atomic E-state index is 4.24. The molecule has 2 rings (SSSR count). The Labute approximate surface area is 73.8 Å². The van der Waals surface area contributed by atoms with Gasteiger partial charge < -0.3 is 5.43 Å². The zero-order valence-corrected chi connectivity index (χ0v) is 7.71. The van der Waals surface area contributed by atoms with Crippen molar-refractivity contribution in [3.05, 3.63) is 0 Å². The molecule has 0 bridgehead atoms. The molecule has 1 saturated heterocycles. The lowest BCUT2D eigenvalue weighted by molar-refractivity contribution is 0.264. The van der Waals surface area contributed by atoms with Crippen molar-refractivity contribution < 1.29 is 0 Å². The van der Waals surface area contributed by atoms with E-state index in [4.69, 9.17) is 0 Å². The molecule has 1 aliphatic carbocycles.